The van der Waals surface area contributed by atoms with E-state index in [0.29, 0.717) is 17.7 Å². The van der Waals surface area contributed by atoms with Gasteiger partial charge in [-0.1, -0.05) is 18.2 Å². The fourth-order valence-corrected chi connectivity index (χ4v) is 3.52. The van der Waals surface area contributed by atoms with E-state index < -0.39 is 6.04 Å². The minimum absolute atomic E-state index is 0.0655. The van der Waals surface area contributed by atoms with Gasteiger partial charge in [0.25, 0.3) is 5.91 Å². The number of carbonyl (C=O) groups is 2. The molecule has 2 amide bonds. The topological polar surface area (TPSA) is 87.5 Å². The van der Waals surface area contributed by atoms with Gasteiger partial charge < -0.3 is 15.1 Å². The van der Waals surface area contributed by atoms with E-state index in [2.05, 4.69) is 15.6 Å². The van der Waals surface area contributed by atoms with Gasteiger partial charge in [-0.3, -0.25) is 14.5 Å². The Hall–Kier alpha value is -2.74. The molecule has 156 valence electrons. The number of halogens is 1. The molecule has 2 heterocycles. The highest BCUT2D eigenvalue weighted by molar-refractivity contribution is 5.93. The average Bonchev–Trinajstić information content (AvgIpc) is 3.29. The predicted molar refractivity (Wildman–Crippen MR) is 106 cm³/mol. The van der Waals surface area contributed by atoms with Crippen molar-refractivity contribution in [3.05, 3.63) is 53.0 Å². The average molecular weight is 402 g/mol. The van der Waals surface area contributed by atoms with E-state index in [0.717, 1.165) is 19.4 Å². The van der Waals surface area contributed by atoms with Gasteiger partial charge in [0.15, 0.2) is 5.69 Å². The third-order valence-corrected chi connectivity index (χ3v) is 5.22. The number of rotatable bonds is 7. The normalized spacial score (nSPS) is 17.9. The quantitative estimate of drug-likeness (QED) is 0.742. The molecule has 7 nitrogen and oxygen atoms in total. The summed E-state index contributed by atoms with van der Waals surface area (Å²) in [5.74, 6) is -0.0792. The van der Waals surface area contributed by atoms with Crippen LogP contribution in [-0.4, -0.2) is 47.9 Å². The fraction of sp³-hybridized carbons (Fsp3) is 0.476. The second-order valence-electron chi connectivity index (χ2n) is 7.42. The summed E-state index contributed by atoms with van der Waals surface area (Å²) in [6.07, 6.45) is 2.21. The molecule has 1 fully saturated rings. The molecular formula is C21H27FN4O3. The molecule has 0 saturated carbocycles. The summed E-state index contributed by atoms with van der Waals surface area (Å²) < 4.78 is 19.3. The van der Waals surface area contributed by atoms with Gasteiger partial charge >= 0.3 is 0 Å². The molecule has 2 aromatic rings. The van der Waals surface area contributed by atoms with Crippen LogP contribution in [0.4, 0.5) is 4.39 Å². The molecule has 2 N–H and O–H groups in total. The van der Waals surface area contributed by atoms with Crippen LogP contribution in [0.15, 0.2) is 28.7 Å². The summed E-state index contributed by atoms with van der Waals surface area (Å²) in [6.45, 7) is 4.61. The Morgan fingerprint density at radius 1 is 1.38 bits per heavy atom. The number of benzene rings is 1. The second kappa shape index (κ2) is 9.17. The highest BCUT2D eigenvalue weighted by atomic mass is 19.1. The zero-order valence-electron chi connectivity index (χ0n) is 17.0. The third kappa shape index (κ3) is 5.00. The van der Waals surface area contributed by atoms with Crippen LogP contribution >= 0.6 is 0 Å². The summed E-state index contributed by atoms with van der Waals surface area (Å²) in [6, 6.07) is 5.87. The van der Waals surface area contributed by atoms with Crippen LogP contribution < -0.4 is 10.6 Å². The summed E-state index contributed by atoms with van der Waals surface area (Å²) in [7, 11) is 1.93. The molecule has 8 heteroatoms. The van der Waals surface area contributed by atoms with E-state index in [1.54, 1.807) is 32.0 Å². The number of amides is 2. The van der Waals surface area contributed by atoms with Gasteiger partial charge in [0, 0.05) is 6.54 Å². The van der Waals surface area contributed by atoms with E-state index in [1.165, 1.54) is 6.07 Å². The van der Waals surface area contributed by atoms with Crippen LogP contribution in [0.1, 0.15) is 53.5 Å². The minimum Gasteiger partial charge on any atom is -0.443 e. The molecular weight excluding hydrogens is 375 g/mol. The maximum absolute atomic E-state index is 13.7. The monoisotopic (exact) mass is 402 g/mol. The number of carbonyl (C=O) groups excluding carboxylic acids is 2. The SMILES string of the molecule is Cc1oc([C@H](C)NC(=O)[C@@H]2CCCN2C)nc1C(=O)NCCc1ccccc1F. The molecule has 1 aromatic carbocycles. The first-order chi connectivity index (χ1) is 13.9. The maximum atomic E-state index is 13.7. The molecule has 0 unspecified atom stereocenters. The number of aryl methyl sites for hydroxylation is 1. The van der Waals surface area contributed by atoms with Gasteiger partial charge in [-0.15, -0.1) is 0 Å². The summed E-state index contributed by atoms with van der Waals surface area (Å²) in [5.41, 5.74) is 0.714. The molecule has 0 bridgehead atoms. The first-order valence-electron chi connectivity index (χ1n) is 9.86. The molecule has 3 rings (SSSR count). The molecule has 1 aliphatic rings. The van der Waals surface area contributed by atoms with Crippen molar-refractivity contribution < 1.29 is 18.4 Å². The maximum Gasteiger partial charge on any atom is 0.273 e. The van der Waals surface area contributed by atoms with E-state index in [9.17, 15) is 14.0 Å². The number of likely N-dealkylation sites (N-methyl/N-ethyl adjacent to an activating group) is 1. The van der Waals surface area contributed by atoms with Gasteiger partial charge in [0.1, 0.15) is 17.6 Å². The molecule has 1 aliphatic heterocycles. The Morgan fingerprint density at radius 3 is 2.83 bits per heavy atom. The van der Waals surface area contributed by atoms with Crippen molar-refractivity contribution >= 4 is 11.8 Å². The lowest BCUT2D eigenvalue weighted by Gasteiger charge is -2.20. The number of likely N-dealkylation sites (tertiary alicyclic amines) is 1. The van der Waals surface area contributed by atoms with Crippen molar-refractivity contribution in [2.45, 2.75) is 45.2 Å². The van der Waals surface area contributed by atoms with E-state index in [4.69, 9.17) is 4.42 Å². The van der Waals surface area contributed by atoms with Gasteiger partial charge in [0.05, 0.1) is 6.04 Å². The van der Waals surface area contributed by atoms with E-state index in [-0.39, 0.29) is 41.8 Å². The highest BCUT2D eigenvalue weighted by Crippen LogP contribution is 2.19. The van der Waals surface area contributed by atoms with Crippen molar-refractivity contribution in [3.8, 4) is 0 Å². The molecule has 29 heavy (non-hydrogen) atoms. The smallest absolute Gasteiger partial charge is 0.273 e. The highest BCUT2D eigenvalue weighted by Gasteiger charge is 2.30. The summed E-state index contributed by atoms with van der Waals surface area (Å²) >= 11 is 0. The van der Waals surface area contributed by atoms with Crippen molar-refractivity contribution in [3.63, 3.8) is 0 Å². The number of aromatic nitrogens is 1. The minimum atomic E-state index is -0.449. The van der Waals surface area contributed by atoms with Crippen LogP contribution in [-0.2, 0) is 11.2 Å². The van der Waals surface area contributed by atoms with Crippen molar-refractivity contribution in [1.82, 2.24) is 20.5 Å². The number of nitrogens with zero attached hydrogens (tertiary/aromatic N) is 2. The van der Waals surface area contributed by atoms with Crippen LogP contribution in [0.3, 0.4) is 0 Å². The largest absolute Gasteiger partial charge is 0.443 e. The zero-order valence-corrected chi connectivity index (χ0v) is 17.0. The number of oxazole rings is 1. The van der Waals surface area contributed by atoms with Crippen molar-refractivity contribution in [2.75, 3.05) is 20.1 Å². The lowest BCUT2D eigenvalue weighted by atomic mass is 10.1. The fourth-order valence-electron chi connectivity index (χ4n) is 3.52. The standard InChI is InChI=1S/C21H27FN4O3/c1-13(24-19(27)17-9-6-12-26(17)3)21-25-18(14(2)29-21)20(28)23-11-10-15-7-4-5-8-16(15)22/h4-5,7-8,13,17H,6,9-12H2,1-3H3,(H,23,28)(H,24,27)/t13-,17-/m0/s1. The number of nitrogens with one attached hydrogen (secondary N) is 2. The first kappa shape index (κ1) is 21.0. The third-order valence-electron chi connectivity index (χ3n) is 5.22. The Kier molecular flexibility index (Phi) is 6.64. The summed E-state index contributed by atoms with van der Waals surface area (Å²) in [5, 5.41) is 5.65. The van der Waals surface area contributed by atoms with E-state index >= 15 is 0 Å². The molecule has 2 atom stereocenters. The molecule has 1 aromatic heterocycles. The van der Waals surface area contributed by atoms with E-state index in [1.807, 2.05) is 11.9 Å². The van der Waals surface area contributed by atoms with Gasteiger partial charge in [-0.05, 0) is 58.3 Å². The van der Waals surface area contributed by atoms with Crippen LogP contribution in [0.5, 0.6) is 0 Å². The lowest BCUT2D eigenvalue weighted by molar-refractivity contribution is -0.125. The van der Waals surface area contributed by atoms with Crippen molar-refractivity contribution in [2.24, 2.45) is 0 Å². The molecule has 0 spiro atoms. The van der Waals surface area contributed by atoms with Crippen molar-refractivity contribution in [1.29, 1.82) is 0 Å². The van der Waals surface area contributed by atoms with Crippen LogP contribution in [0.25, 0.3) is 0 Å². The van der Waals surface area contributed by atoms with Crippen LogP contribution in [0, 0.1) is 12.7 Å². The Balaban J connectivity index is 1.56. The second-order valence-corrected chi connectivity index (χ2v) is 7.42. The number of hydrogen-bond donors (Lipinski definition) is 2. The number of hydrogen-bond acceptors (Lipinski definition) is 5. The Morgan fingerprint density at radius 2 is 2.14 bits per heavy atom. The Bertz CT molecular complexity index is 883. The molecule has 0 radical (unpaired) electrons. The lowest BCUT2D eigenvalue weighted by Crippen LogP contribution is -2.42. The molecule has 1 saturated heterocycles. The zero-order chi connectivity index (χ0) is 21.0. The van der Waals surface area contributed by atoms with Gasteiger partial charge in [-0.2, -0.15) is 0 Å². The van der Waals surface area contributed by atoms with Gasteiger partial charge in [-0.25, -0.2) is 9.37 Å². The molecule has 0 aliphatic carbocycles. The van der Waals surface area contributed by atoms with Gasteiger partial charge in [0.2, 0.25) is 11.8 Å². The predicted octanol–water partition coefficient (Wildman–Crippen LogP) is 2.37. The first-order valence-corrected chi connectivity index (χ1v) is 9.86. The Labute approximate surface area is 169 Å². The van der Waals surface area contributed by atoms with Crippen LogP contribution in [0.2, 0.25) is 0 Å². The summed E-state index contributed by atoms with van der Waals surface area (Å²) in [4.78, 5) is 31.2.